The Morgan fingerprint density at radius 3 is 2.65 bits per heavy atom. The maximum Gasteiger partial charge on any atom is 0.307 e. The summed E-state index contributed by atoms with van der Waals surface area (Å²) in [7, 11) is -2.66. The van der Waals surface area contributed by atoms with Crippen LogP contribution >= 0.6 is 0 Å². The minimum atomic E-state index is -4.38. The van der Waals surface area contributed by atoms with Crippen LogP contribution in [0, 0.1) is 17.1 Å². The van der Waals surface area contributed by atoms with Crippen molar-refractivity contribution in [3.8, 4) is 6.07 Å². The molecule has 0 radical (unpaired) electrons. The van der Waals surface area contributed by atoms with E-state index in [4.69, 9.17) is 5.26 Å². The SMILES string of the molecule is CC1N=c2ccc(F)c(S(=O)(=O)c3ccc(N(C)c4cccc(C#N)c4)nc3)c2=C1CC(=O)O. The van der Waals surface area contributed by atoms with Gasteiger partial charge in [0.2, 0.25) is 9.84 Å². The van der Waals surface area contributed by atoms with Gasteiger partial charge in [-0.1, -0.05) is 6.07 Å². The number of hydrogen-bond acceptors (Lipinski definition) is 7. The van der Waals surface area contributed by atoms with Crippen LogP contribution in [-0.2, 0) is 14.6 Å². The zero-order valence-corrected chi connectivity index (χ0v) is 19.0. The fourth-order valence-electron chi connectivity index (χ4n) is 3.89. The monoisotopic (exact) mass is 478 g/mol. The molecule has 2 aromatic carbocycles. The number of carboxylic acid groups (broad SMARTS) is 1. The van der Waals surface area contributed by atoms with Crippen LogP contribution in [0.25, 0.3) is 5.57 Å². The highest BCUT2D eigenvalue weighted by Gasteiger charge is 2.29. The molecule has 0 amide bonds. The van der Waals surface area contributed by atoms with E-state index in [1.165, 1.54) is 18.2 Å². The summed E-state index contributed by atoms with van der Waals surface area (Å²) in [5.41, 5.74) is 1.38. The molecule has 172 valence electrons. The van der Waals surface area contributed by atoms with E-state index < -0.39 is 39.0 Å². The van der Waals surface area contributed by atoms with Crippen LogP contribution in [-0.4, -0.2) is 37.6 Å². The third-order valence-electron chi connectivity index (χ3n) is 5.59. The van der Waals surface area contributed by atoms with E-state index in [0.717, 1.165) is 12.3 Å². The van der Waals surface area contributed by atoms with Crippen LogP contribution in [0.1, 0.15) is 18.9 Å². The van der Waals surface area contributed by atoms with E-state index in [-0.39, 0.29) is 21.0 Å². The summed E-state index contributed by atoms with van der Waals surface area (Å²) in [6.45, 7) is 1.64. The number of nitriles is 1. The molecule has 8 nitrogen and oxygen atoms in total. The molecule has 1 atom stereocenters. The number of rotatable bonds is 6. The minimum Gasteiger partial charge on any atom is -0.481 e. The Morgan fingerprint density at radius 1 is 1.24 bits per heavy atom. The Hall–Kier alpha value is -4.10. The summed E-state index contributed by atoms with van der Waals surface area (Å²) < 4.78 is 41.8. The second kappa shape index (κ2) is 8.68. The number of nitrogens with zero attached hydrogens (tertiary/aromatic N) is 4. The number of aromatic nitrogens is 1. The van der Waals surface area contributed by atoms with Crippen LogP contribution in [0.5, 0.6) is 0 Å². The van der Waals surface area contributed by atoms with E-state index in [2.05, 4.69) is 16.0 Å². The molecule has 0 aliphatic carbocycles. The number of sulfone groups is 1. The molecular weight excluding hydrogens is 459 g/mol. The molecule has 3 aromatic rings. The molecule has 0 spiro atoms. The molecule has 1 unspecified atom stereocenters. The molecule has 1 aliphatic heterocycles. The Labute approximate surface area is 194 Å². The van der Waals surface area contributed by atoms with Crippen molar-refractivity contribution in [3.05, 3.63) is 76.7 Å². The van der Waals surface area contributed by atoms with Gasteiger partial charge in [0.25, 0.3) is 0 Å². The predicted molar refractivity (Wildman–Crippen MR) is 121 cm³/mol. The van der Waals surface area contributed by atoms with E-state index in [9.17, 15) is 22.7 Å². The Kier molecular flexibility index (Phi) is 5.89. The van der Waals surface area contributed by atoms with Gasteiger partial charge in [-0.05, 0) is 55.0 Å². The lowest BCUT2D eigenvalue weighted by molar-refractivity contribution is -0.135. The van der Waals surface area contributed by atoms with E-state index in [0.29, 0.717) is 17.1 Å². The summed E-state index contributed by atoms with van der Waals surface area (Å²) in [5, 5.41) is 18.6. The summed E-state index contributed by atoms with van der Waals surface area (Å²) >= 11 is 0. The van der Waals surface area contributed by atoms with Crippen LogP contribution in [0.15, 0.2) is 69.5 Å². The summed E-state index contributed by atoms with van der Waals surface area (Å²) in [4.78, 5) is 20.7. The number of carboxylic acids is 1. The Morgan fingerprint density at radius 2 is 2.00 bits per heavy atom. The maximum atomic E-state index is 14.9. The smallest absolute Gasteiger partial charge is 0.307 e. The van der Waals surface area contributed by atoms with E-state index >= 15 is 0 Å². The number of halogens is 1. The zero-order valence-electron chi connectivity index (χ0n) is 18.2. The lowest BCUT2D eigenvalue weighted by atomic mass is 10.0. The zero-order chi connectivity index (χ0) is 24.6. The highest BCUT2D eigenvalue weighted by atomic mass is 32.2. The first kappa shape index (κ1) is 23.1. The first-order chi connectivity index (χ1) is 16.1. The van der Waals surface area contributed by atoms with Gasteiger partial charge in [-0.2, -0.15) is 5.26 Å². The van der Waals surface area contributed by atoms with Crippen molar-refractivity contribution in [3.63, 3.8) is 0 Å². The van der Waals surface area contributed by atoms with Gasteiger partial charge in [-0.3, -0.25) is 9.79 Å². The van der Waals surface area contributed by atoms with Crippen molar-refractivity contribution in [2.75, 3.05) is 11.9 Å². The third kappa shape index (κ3) is 4.02. The third-order valence-corrected chi connectivity index (χ3v) is 7.39. The van der Waals surface area contributed by atoms with Crippen molar-refractivity contribution in [2.24, 2.45) is 4.99 Å². The molecule has 0 bridgehead atoms. The van der Waals surface area contributed by atoms with Gasteiger partial charge in [0.15, 0.2) is 0 Å². The first-order valence-electron chi connectivity index (χ1n) is 10.2. The van der Waals surface area contributed by atoms with Crippen molar-refractivity contribution < 1.29 is 22.7 Å². The second-order valence-corrected chi connectivity index (χ2v) is 9.63. The van der Waals surface area contributed by atoms with Gasteiger partial charge in [-0.15, -0.1) is 0 Å². The second-order valence-electron chi connectivity index (χ2n) is 7.75. The average Bonchev–Trinajstić information content (AvgIpc) is 3.12. The quantitative estimate of drug-likeness (QED) is 0.577. The lowest BCUT2D eigenvalue weighted by Gasteiger charge is -2.18. The fourth-order valence-corrected chi connectivity index (χ4v) is 5.39. The summed E-state index contributed by atoms with van der Waals surface area (Å²) in [6.07, 6.45) is 0.675. The van der Waals surface area contributed by atoms with Gasteiger partial charge < -0.3 is 10.0 Å². The highest BCUT2D eigenvalue weighted by molar-refractivity contribution is 7.91. The van der Waals surface area contributed by atoms with Gasteiger partial charge in [-0.25, -0.2) is 17.8 Å². The molecule has 1 aliphatic rings. The minimum absolute atomic E-state index is 0.00409. The van der Waals surface area contributed by atoms with E-state index in [1.54, 1.807) is 43.1 Å². The summed E-state index contributed by atoms with van der Waals surface area (Å²) in [6, 6.07) is 13.5. The molecular formula is C24H19FN4O4S. The van der Waals surface area contributed by atoms with Gasteiger partial charge >= 0.3 is 5.97 Å². The lowest BCUT2D eigenvalue weighted by Crippen LogP contribution is -2.32. The number of fused-ring (bicyclic) bond motifs is 1. The number of pyridine rings is 1. The number of anilines is 2. The van der Waals surface area contributed by atoms with Crippen molar-refractivity contribution in [1.29, 1.82) is 5.26 Å². The molecule has 10 heteroatoms. The number of hydrogen-bond donors (Lipinski definition) is 1. The van der Waals surface area contributed by atoms with Crippen LogP contribution in [0.4, 0.5) is 15.9 Å². The van der Waals surface area contributed by atoms with Gasteiger partial charge in [0.05, 0.1) is 34.3 Å². The van der Waals surface area contributed by atoms with Crippen molar-refractivity contribution in [1.82, 2.24) is 4.98 Å². The number of benzene rings is 2. The molecule has 34 heavy (non-hydrogen) atoms. The molecule has 1 aromatic heterocycles. The van der Waals surface area contributed by atoms with Crippen molar-refractivity contribution in [2.45, 2.75) is 29.2 Å². The fraction of sp³-hybridized carbons (Fsp3) is 0.167. The normalized spacial score (nSPS) is 14.8. The van der Waals surface area contributed by atoms with Crippen molar-refractivity contribution >= 4 is 32.9 Å². The van der Waals surface area contributed by atoms with E-state index in [1.807, 2.05) is 0 Å². The van der Waals surface area contributed by atoms with Gasteiger partial charge in [0, 0.05) is 24.2 Å². The Bertz CT molecular complexity index is 1580. The van der Waals surface area contributed by atoms with Crippen LogP contribution in [0.3, 0.4) is 0 Å². The average molecular weight is 479 g/mol. The number of carbonyl (C=O) groups is 1. The molecule has 2 heterocycles. The maximum absolute atomic E-state index is 14.9. The van der Waals surface area contributed by atoms with Crippen LogP contribution in [0.2, 0.25) is 0 Å². The topological polar surface area (TPSA) is 124 Å². The van der Waals surface area contributed by atoms with Gasteiger partial charge in [0.1, 0.15) is 16.5 Å². The Balaban J connectivity index is 1.80. The highest BCUT2D eigenvalue weighted by Crippen LogP contribution is 2.26. The molecule has 4 rings (SSSR count). The summed E-state index contributed by atoms with van der Waals surface area (Å²) in [5.74, 6) is -1.73. The molecule has 0 saturated carbocycles. The largest absolute Gasteiger partial charge is 0.481 e. The van der Waals surface area contributed by atoms with Crippen LogP contribution < -0.4 is 15.5 Å². The standard InChI is InChI=1S/C24H19FN4O4S/c1-14-18(11-22(30)31)23-20(28-14)8-7-19(25)24(23)34(32,33)17-6-9-21(27-13-17)29(2)16-5-3-4-15(10-16)12-26/h3-10,13-14H,11H2,1-2H3,(H,30,31). The first-order valence-corrected chi connectivity index (χ1v) is 11.7. The number of aliphatic carboxylic acids is 1. The molecule has 0 saturated heterocycles. The molecule has 1 N–H and O–H groups in total. The molecule has 0 fully saturated rings. The predicted octanol–water partition coefficient (Wildman–Crippen LogP) is 2.34.